The minimum Gasteiger partial charge on any atom is -0.493 e. The fraction of sp³-hybridized carbons (Fsp3) is 0.238. The second-order valence-corrected chi connectivity index (χ2v) is 8.91. The second kappa shape index (κ2) is 9.90. The summed E-state index contributed by atoms with van der Waals surface area (Å²) >= 11 is 1.40. The number of para-hydroxylation sites is 1. The van der Waals surface area contributed by atoms with Crippen molar-refractivity contribution in [3.63, 3.8) is 0 Å². The first-order valence-corrected chi connectivity index (χ1v) is 11.7. The molecule has 1 heterocycles. The van der Waals surface area contributed by atoms with Crippen molar-refractivity contribution in [2.24, 2.45) is 0 Å². The first kappa shape index (κ1) is 22.7. The van der Waals surface area contributed by atoms with E-state index >= 15 is 0 Å². The summed E-state index contributed by atoms with van der Waals surface area (Å²) in [6, 6.07) is 11.1. The van der Waals surface area contributed by atoms with Gasteiger partial charge in [0.15, 0.2) is 11.5 Å². The van der Waals surface area contributed by atoms with Crippen LogP contribution in [-0.4, -0.2) is 40.1 Å². The molecule has 0 atom stereocenters. The lowest BCUT2D eigenvalue weighted by Crippen LogP contribution is -2.23. The van der Waals surface area contributed by atoms with Crippen LogP contribution in [0.1, 0.15) is 23.0 Å². The molecule has 3 aromatic rings. The number of benzene rings is 2. The summed E-state index contributed by atoms with van der Waals surface area (Å²) < 4.78 is 42.4. The summed E-state index contributed by atoms with van der Waals surface area (Å²) in [7, 11) is -0.444. The number of thiazole rings is 1. The normalized spacial score (nSPS) is 11.2. The third-order valence-corrected chi connectivity index (χ3v) is 6.76. The van der Waals surface area contributed by atoms with Gasteiger partial charge in [-0.15, -0.1) is 11.3 Å². The first-order valence-electron chi connectivity index (χ1n) is 9.32. The topological polar surface area (TPSA) is 104 Å². The highest BCUT2D eigenvalue weighted by molar-refractivity contribution is 7.89. The van der Waals surface area contributed by atoms with E-state index in [4.69, 9.17) is 14.2 Å². The maximum absolute atomic E-state index is 12.3. The molecule has 0 amide bonds. The molecule has 1 aromatic heterocycles. The fourth-order valence-corrected chi connectivity index (χ4v) is 4.69. The number of hydrogen-bond acceptors (Lipinski definition) is 8. The molecule has 1 N–H and O–H groups in total. The Balaban J connectivity index is 1.68. The monoisotopic (exact) mass is 462 g/mol. The van der Waals surface area contributed by atoms with E-state index in [9.17, 15) is 13.2 Å². The molecule has 0 aliphatic heterocycles. The van der Waals surface area contributed by atoms with Crippen LogP contribution < -0.4 is 14.2 Å². The number of carbonyl (C=O) groups is 1. The standard InChI is InChI=1S/C21H22N2O6S2/c1-4-22-31(25,26)16-10-8-14(9-11-16)21(24)29-12-15-13-30-20(23-15)17-6-5-7-18(27-2)19(17)28-3/h5-11,13,22H,4,12H2,1-3H3. The van der Waals surface area contributed by atoms with Gasteiger partial charge in [-0.1, -0.05) is 13.0 Å². The number of nitrogens with one attached hydrogen (secondary N) is 1. The van der Waals surface area contributed by atoms with Crippen LogP contribution in [0.5, 0.6) is 11.5 Å². The molecule has 164 valence electrons. The molecule has 0 radical (unpaired) electrons. The number of methoxy groups -OCH3 is 2. The van der Waals surface area contributed by atoms with Gasteiger partial charge in [0, 0.05) is 11.9 Å². The molecule has 8 nitrogen and oxygen atoms in total. The summed E-state index contributed by atoms with van der Waals surface area (Å²) in [4.78, 5) is 16.9. The van der Waals surface area contributed by atoms with Crippen LogP contribution in [-0.2, 0) is 21.4 Å². The number of sulfonamides is 1. The van der Waals surface area contributed by atoms with Crippen molar-refractivity contribution in [1.82, 2.24) is 9.71 Å². The van der Waals surface area contributed by atoms with Gasteiger partial charge in [-0.3, -0.25) is 0 Å². The predicted molar refractivity (Wildman–Crippen MR) is 117 cm³/mol. The highest BCUT2D eigenvalue weighted by Gasteiger charge is 2.17. The molecular formula is C21H22N2O6S2. The van der Waals surface area contributed by atoms with Crippen LogP contribution in [0, 0.1) is 0 Å². The van der Waals surface area contributed by atoms with E-state index in [0.717, 1.165) is 5.56 Å². The van der Waals surface area contributed by atoms with Gasteiger partial charge in [0.25, 0.3) is 0 Å². The largest absolute Gasteiger partial charge is 0.493 e. The Hall–Kier alpha value is -2.95. The van der Waals surface area contributed by atoms with E-state index in [-0.39, 0.29) is 23.6 Å². The lowest BCUT2D eigenvalue weighted by Gasteiger charge is -2.10. The van der Waals surface area contributed by atoms with E-state index in [1.165, 1.54) is 35.6 Å². The molecule has 0 saturated heterocycles. The van der Waals surface area contributed by atoms with Gasteiger partial charge in [-0.25, -0.2) is 22.9 Å². The van der Waals surface area contributed by atoms with Crippen molar-refractivity contribution in [2.75, 3.05) is 20.8 Å². The minimum absolute atomic E-state index is 0.0148. The molecule has 0 bridgehead atoms. The molecule has 3 rings (SSSR count). The SMILES string of the molecule is CCNS(=O)(=O)c1ccc(C(=O)OCc2csc(-c3cccc(OC)c3OC)n2)cc1. The Bertz CT molecular complexity index is 1160. The highest BCUT2D eigenvalue weighted by Crippen LogP contribution is 2.39. The zero-order valence-electron chi connectivity index (χ0n) is 17.2. The van der Waals surface area contributed by atoms with Crippen LogP contribution in [0.25, 0.3) is 10.6 Å². The molecule has 10 heteroatoms. The van der Waals surface area contributed by atoms with Gasteiger partial charge in [0.05, 0.1) is 35.9 Å². The van der Waals surface area contributed by atoms with Crippen molar-refractivity contribution in [3.05, 3.63) is 59.1 Å². The van der Waals surface area contributed by atoms with Crippen molar-refractivity contribution < 1.29 is 27.4 Å². The smallest absolute Gasteiger partial charge is 0.338 e. The maximum Gasteiger partial charge on any atom is 0.338 e. The minimum atomic E-state index is -3.57. The van der Waals surface area contributed by atoms with E-state index in [2.05, 4.69) is 9.71 Å². The Morgan fingerprint density at radius 1 is 1.10 bits per heavy atom. The van der Waals surface area contributed by atoms with Gasteiger partial charge in [0.1, 0.15) is 11.6 Å². The van der Waals surface area contributed by atoms with Crippen LogP contribution in [0.3, 0.4) is 0 Å². The highest BCUT2D eigenvalue weighted by atomic mass is 32.2. The van der Waals surface area contributed by atoms with Gasteiger partial charge < -0.3 is 14.2 Å². The number of esters is 1. The van der Waals surface area contributed by atoms with E-state index in [0.29, 0.717) is 22.2 Å². The number of nitrogens with zero attached hydrogens (tertiary/aromatic N) is 1. The molecule has 2 aromatic carbocycles. The molecule has 0 aliphatic carbocycles. The van der Waals surface area contributed by atoms with Crippen LogP contribution in [0.2, 0.25) is 0 Å². The van der Waals surface area contributed by atoms with Crippen molar-refractivity contribution >= 4 is 27.3 Å². The molecule has 0 spiro atoms. The van der Waals surface area contributed by atoms with Crippen molar-refractivity contribution in [1.29, 1.82) is 0 Å². The number of aromatic nitrogens is 1. The number of carbonyl (C=O) groups excluding carboxylic acids is 1. The Kier molecular flexibility index (Phi) is 7.26. The number of rotatable bonds is 9. The number of hydrogen-bond donors (Lipinski definition) is 1. The van der Waals surface area contributed by atoms with Gasteiger partial charge in [-0.2, -0.15) is 0 Å². The maximum atomic E-state index is 12.3. The van der Waals surface area contributed by atoms with Crippen molar-refractivity contribution in [3.8, 4) is 22.1 Å². The third kappa shape index (κ3) is 5.22. The summed E-state index contributed by atoms with van der Waals surface area (Å²) in [5, 5.41) is 2.51. The lowest BCUT2D eigenvalue weighted by molar-refractivity contribution is 0.0468. The molecule has 0 unspecified atom stereocenters. The Morgan fingerprint density at radius 2 is 1.84 bits per heavy atom. The van der Waals surface area contributed by atoms with Gasteiger partial charge in [0.2, 0.25) is 10.0 Å². The summed E-state index contributed by atoms with van der Waals surface area (Å²) in [5.41, 5.74) is 1.62. The van der Waals surface area contributed by atoms with E-state index in [1.54, 1.807) is 32.6 Å². The third-order valence-electron chi connectivity index (χ3n) is 4.27. The first-order chi connectivity index (χ1) is 14.9. The molecule has 0 fully saturated rings. The average Bonchev–Trinajstić information content (AvgIpc) is 3.25. The van der Waals surface area contributed by atoms with Crippen molar-refractivity contribution in [2.45, 2.75) is 18.4 Å². The average molecular weight is 463 g/mol. The zero-order valence-corrected chi connectivity index (χ0v) is 18.9. The zero-order chi connectivity index (χ0) is 22.4. The van der Waals surface area contributed by atoms with Gasteiger partial charge in [-0.05, 0) is 36.4 Å². The lowest BCUT2D eigenvalue weighted by atomic mass is 10.2. The summed E-state index contributed by atoms with van der Waals surface area (Å²) in [6.07, 6.45) is 0. The fourth-order valence-electron chi connectivity index (χ4n) is 2.82. The van der Waals surface area contributed by atoms with Crippen LogP contribution in [0.15, 0.2) is 52.7 Å². The molecule has 0 saturated carbocycles. The quantitative estimate of drug-likeness (QED) is 0.486. The molecule has 31 heavy (non-hydrogen) atoms. The Labute approximate surface area is 184 Å². The van der Waals surface area contributed by atoms with Crippen LogP contribution >= 0.6 is 11.3 Å². The second-order valence-electron chi connectivity index (χ2n) is 6.29. The molecule has 0 aliphatic rings. The Morgan fingerprint density at radius 3 is 2.48 bits per heavy atom. The number of ether oxygens (including phenoxy) is 3. The summed E-state index contributed by atoms with van der Waals surface area (Å²) in [5.74, 6) is 0.610. The van der Waals surface area contributed by atoms with E-state index in [1.807, 2.05) is 12.1 Å². The van der Waals surface area contributed by atoms with Crippen LogP contribution in [0.4, 0.5) is 0 Å². The molecular weight excluding hydrogens is 440 g/mol. The van der Waals surface area contributed by atoms with E-state index < -0.39 is 16.0 Å². The van der Waals surface area contributed by atoms with Gasteiger partial charge >= 0.3 is 5.97 Å². The predicted octanol–water partition coefficient (Wildman–Crippen LogP) is 3.48. The summed E-state index contributed by atoms with van der Waals surface area (Å²) in [6.45, 7) is 1.96.